The van der Waals surface area contributed by atoms with E-state index in [-0.39, 0.29) is 25.7 Å². The van der Waals surface area contributed by atoms with E-state index in [9.17, 15) is 43.2 Å². The number of phosphoric acid groups is 2. The van der Waals surface area contributed by atoms with Crippen LogP contribution in [0.5, 0.6) is 0 Å². The molecule has 0 aliphatic heterocycles. The van der Waals surface area contributed by atoms with Crippen LogP contribution in [0.4, 0.5) is 0 Å². The van der Waals surface area contributed by atoms with Crippen LogP contribution in [0.3, 0.4) is 0 Å². The van der Waals surface area contributed by atoms with E-state index in [2.05, 4.69) is 48.5 Å². The highest BCUT2D eigenvalue weighted by molar-refractivity contribution is 7.47. The van der Waals surface area contributed by atoms with Gasteiger partial charge < -0.3 is 33.8 Å². The smallest absolute Gasteiger partial charge is 0.462 e. The van der Waals surface area contributed by atoms with Gasteiger partial charge in [-0.1, -0.05) is 292 Å². The molecule has 17 nitrogen and oxygen atoms in total. The fourth-order valence-corrected chi connectivity index (χ4v) is 11.9. The van der Waals surface area contributed by atoms with Gasteiger partial charge in [0.15, 0.2) is 12.2 Å². The Bertz CT molecular complexity index is 1740. The van der Waals surface area contributed by atoms with Crippen molar-refractivity contribution >= 4 is 39.5 Å². The third-order valence-corrected chi connectivity index (χ3v) is 18.5. The molecule has 0 heterocycles. The SMILES string of the molecule is CCCCCCCCCCCCC(=O)OC[C@H](COP(=O)(O)OC[C@H](O)COP(=O)(O)OC[C@@H](COC(=O)CCCCCCCCCCCCC(C)CC)OC(=O)CCCCCCCCCCCCC(C)CC)OC(=O)CCCCCCCCCC(C)C. The summed E-state index contributed by atoms with van der Waals surface area (Å²) in [4.78, 5) is 72.5. The van der Waals surface area contributed by atoms with Crippen LogP contribution in [0, 0.1) is 17.8 Å². The molecule has 0 radical (unpaired) electrons. The lowest BCUT2D eigenvalue weighted by Gasteiger charge is -2.21. The maximum Gasteiger partial charge on any atom is 0.472 e. The summed E-state index contributed by atoms with van der Waals surface area (Å²) in [7, 11) is -9.90. The Morgan fingerprint density at radius 3 is 0.864 bits per heavy atom. The van der Waals surface area contributed by atoms with Crippen molar-refractivity contribution in [3.05, 3.63) is 0 Å². The topological polar surface area (TPSA) is 237 Å². The molecule has 0 spiro atoms. The van der Waals surface area contributed by atoms with E-state index >= 15 is 0 Å². The number of rotatable bonds is 67. The highest BCUT2D eigenvalue weighted by Gasteiger charge is 2.30. The normalized spacial score (nSPS) is 14.9. The number of carbonyl (C=O) groups excluding carboxylic acids is 4. The fraction of sp³-hybridized carbons (Fsp3) is 0.942. The van der Waals surface area contributed by atoms with Gasteiger partial charge in [-0.3, -0.25) is 37.3 Å². The summed E-state index contributed by atoms with van der Waals surface area (Å²) in [6.07, 6.45) is 42.9. The van der Waals surface area contributed by atoms with Crippen LogP contribution in [0.2, 0.25) is 0 Å². The summed E-state index contributed by atoms with van der Waals surface area (Å²) in [6.45, 7) is 11.8. The van der Waals surface area contributed by atoms with Crippen LogP contribution >= 0.6 is 15.6 Å². The second-order valence-electron chi connectivity index (χ2n) is 25.9. The maximum absolute atomic E-state index is 13.0. The molecular formula is C69H134O17P2. The molecule has 0 aromatic rings. The quantitative estimate of drug-likeness (QED) is 0.0222. The van der Waals surface area contributed by atoms with Gasteiger partial charge in [0.05, 0.1) is 26.4 Å². The number of hydrogen-bond donors (Lipinski definition) is 3. The first-order chi connectivity index (χ1) is 42.3. The Balaban J connectivity index is 5.26. The Morgan fingerprint density at radius 2 is 0.580 bits per heavy atom. The van der Waals surface area contributed by atoms with Crippen LogP contribution in [-0.2, 0) is 65.4 Å². The zero-order chi connectivity index (χ0) is 65.2. The minimum Gasteiger partial charge on any atom is -0.462 e. The number of phosphoric ester groups is 2. The van der Waals surface area contributed by atoms with Gasteiger partial charge in [0.1, 0.15) is 19.3 Å². The first kappa shape index (κ1) is 86.1. The molecule has 0 aliphatic carbocycles. The number of unbranched alkanes of at least 4 members (excludes halogenated alkanes) is 33. The lowest BCUT2D eigenvalue weighted by atomic mass is 9.99. The molecule has 0 aromatic heterocycles. The van der Waals surface area contributed by atoms with Crippen molar-refractivity contribution < 1.29 is 80.2 Å². The van der Waals surface area contributed by atoms with E-state index in [0.29, 0.717) is 31.6 Å². The molecule has 4 unspecified atom stereocenters. The summed E-state index contributed by atoms with van der Waals surface area (Å²) < 4.78 is 68.2. The fourth-order valence-electron chi connectivity index (χ4n) is 10.3. The standard InChI is InChI=1S/C69H134O17P2/c1-8-11-12-13-14-15-22-29-36-43-50-66(71)79-57-65(86-69(74)53-46-39-32-25-26-33-40-47-60(4)5)59-84-88(77,78)82-55-63(70)54-81-87(75,76)83-58-64(85-68(73)52-45-38-31-24-19-17-21-28-35-42-49-62(7)10-3)56-80-67(72)51-44-37-30-23-18-16-20-27-34-41-48-61(6)9-2/h60-65,70H,8-59H2,1-7H3,(H,75,76)(H,77,78)/t61?,62?,63-,64-,65-/m1/s1. The van der Waals surface area contributed by atoms with Gasteiger partial charge in [-0.15, -0.1) is 0 Å². The lowest BCUT2D eigenvalue weighted by molar-refractivity contribution is -0.161. The maximum atomic E-state index is 13.0. The van der Waals surface area contributed by atoms with Crippen molar-refractivity contribution in [3.8, 4) is 0 Å². The zero-order valence-corrected chi connectivity index (χ0v) is 59.0. The Kier molecular flexibility index (Phi) is 58.7. The van der Waals surface area contributed by atoms with Crippen molar-refractivity contribution in [1.29, 1.82) is 0 Å². The van der Waals surface area contributed by atoms with E-state index in [1.54, 1.807) is 0 Å². The summed E-state index contributed by atoms with van der Waals surface area (Å²) in [5, 5.41) is 10.6. The molecule has 0 fully saturated rings. The predicted molar refractivity (Wildman–Crippen MR) is 354 cm³/mol. The van der Waals surface area contributed by atoms with E-state index < -0.39 is 97.5 Å². The molecule has 88 heavy (non-hydrogen) atoms. The van der Waals surface area contributed by atoms with E-state index in [4.69, 9.17) is 37.0 Å². The lowest BCUT2D eigenvalue weighted by Crippen LogP contribution is -2.30. The van der Waals surface area contributed by atoms with E-state index in [0.717, 1.165) is 102 Å². The first-order valence-corrected chi connectivity index (χ1v) is 38.9. The van der Waals surface area contributed by atoms with Gasteiger partial charge in [0.2, 0.25) is 0 Å². The van der Waals surface area contributed by atoms with E-state index in [1.165, 1.54) is 154 Å². The summed E-state index contributed by atoms with van der Waals surface area (Å²) in [6, 6.07) is 0. The van der Waals surface area contributed by atoms with Crippen molar-refractivity contribution in [2.24, 2.45) is 17.8 Å². The van der Waals surface area contributed by atoms with Gasteiger partial charge >= 0.3 is 39.5 Å². The van der Waals surface area contributed by atoms with Crippen molar-refractivity contribution in [2.75, 3.05) is 39.6 Å². The number of carbonyl (C=O) groups is 4. The number of hydrogen-bond acceptors (Lipinski definition) is 15. The average molecular weight is 1300 g/mol. The average Bonchev–Trinajstić information content (AvgIpc) is 3.70. The van der Waals surface area contributed by atoms with E-state index in [1.807, 2.05) is 0 Å². The van der Waals surface area contributed by atoms with Crippen LogP contribution in [0.15, 0.2) is 0 Å². The Morgan fingerprint density at radius 1 is 0.330 bits per heavy atom. The minimum absolute atomic E-state index is 0.103. The molecule has 0 aromatic carbocycles. The Labute approximate surface area is 537 Å². The number of ether oxygens (including phenoxy) is 4. The summed E-state index contributed by atoms with van der Waals surface area (Å²) in [5.41, 5.74) is 0. The minimum atomic E-state index is -4.95. The molecule has 3 N–H and O–H groups in total. The molecule has 0 saturated heterocycles. The van der Waals surface area contributed by atoms with Gasteiger partial charge in [0.25, 0.3) is 0 Å². The molecule has 19 heteroatoms. The number of esters is 4. The van der Waals surface area contributed by atoms with Crippen molar-refractivity contribution in [1.82, 2.24) is 0 Å². The number of aliphatic hydroxyl groups is 1. The van der Waals surface area contributed by atoms with Crippen molar-refractivity contribution in [2.45, 2.75) is 362 Å². The third kappa shape index (κ3) is 60.3. The van der Waals surface area contributed by atoms with Crippen molar-refractivity contribution in [3.63, 3.8) is 0 Å². The van der Waals surface area contributed by atoms with Gasteiger partial charge in [-0.25, -0.2) is 9.13 Å². The monoisotopic (exact) mass is 1300 g/mol. The van der Waals surface area contributed by atoms with Crippen LogP contribution in [0.1, 0.15) is 344 Å². The molecule has 0 amide bonds. The Hall–Kier alpha value is -1.94. The molecule has 522 valence electrons. The van der Waals surface area contributed by atoms with Crippen LogP contribution in [-0.4, -0.2) is 96.7 Å². The molecule has 7 atom stereocenters. The van der Waals surface area contributed by atoms with Crippen LogP contribution in [0.25, 0.3) is 0 Å². The molecule has 0 rings (SSSR count). The molecular weight excluding hydrogens is 1160 g/mol. The highest BCUT2D eigenvalue weighted by Crippen LogP contribution is 2.45. The summed E-state index contributed by atoms with van der Waals surface area (Å²) in [5.74, 6) is 0.179. The van der Waals surface area contributed by atoms with Gasteiger partial charge in [-0.05, 0) is 43.4 Å². The zero-order valence-electron chi connectivity index (χ0n) is 57.2. The molecule has 0 aliphatic rings. The second-order valence-corrected chi connectivity index (χ2v) is 28.8. The van der Waals surface area contributed by atoms with Crippen LogP contribution < -0.4 is 0 Å². The highest BCUT2D eigenvalue weighted by atomic mass is 31.2. The summed E-state index contributed by atoms with van der Waals surface area (Å²) >= 11 is 0. The predicted octanol–water partition coefficient (Wildman–Crippen LogP) is 19.5. The third-order valence-electron chi connectivity index (χ3n) is 16.6. The first-order valence-electron chi connectivity index (χ1n) is 35.9. The second kappa shape index (κ2) is 60.0. The largest absolute Gasteiger partial charge is 0.472 e. The molecule has 0 saturated carbocycles. The molecule has 0 bridgehead atoms. The van der Waals surface area contributed by atoms with Gasteiger partial charge in [-0.2, -0.15) is 0 Å². The van der Waals surface area contributed by atoms with Gasteiger partial charge in [0, 0.05) is 25.7 Å². The number of aliphatic hydroxyl groups excluding tert-OH is 1.